The summed E-state index contributed by atoms with van der Waals surface area (Å²) in [5, 5.41) is 2.61. The van der Waals surface area contributed by atoms with Gasteiger partial charge >= 0.3 is 5.97 Å². The normalized spacial score (nSPS) is 12.3. The van der Waals surface area contributed by atoms with Gasteiger partial charge in [0, 0.05) is 7.05 Å². The van der Waals surface area contributed by atoms with Crippen LogP contribution in [0.1, 0.15) is 13.8 Å². The highest BCUT2D eigenvalue weighted by molar-refractivity contribution is 7.89. The summed E-state index contributed by atoms with van der Waals surface area (Å²) in [7, 11) is -2.84. The highest BCUT2D eigenvalue weighted by atomic mass is 32.2. The van der Waals surface area contributed by atoms with Gasteiger partial charge in [-0.15, -0.1) is 0 Å². The average molecular weight is 438 g/mol. The van der Waals surface area contributed by atoms with Gasteiger partial charge in [0.05, 0.1) is 17.2 Å². The molecule has 2 rings (SSSR count). The van der Waals surface area contributed by atoms with Crippen molar-refractivity contribution in [1.82, 2.24) is 4.31 Å². The molecule has 0 saturated carbocycles. The number of para-hydroxylation sites is 2. The molecule has 0 aliphatic carbocycles. The second-order valence-corrected chi connectivity index (χ2v) is 8.31. The van der Waals surface area contributed by atoms with Crippen molar-refractivity contribution in [2.75, 3.05) is 25.5 Å². The second kappa shape index (κ2) is 10.2. The minimum atomic E-state index is -4.02. The summed E-state index contributed by atoms with van der Waals surface area (Å²) in [4.78, 5) is 24.3. The molecule has 1 amide bonds. The molecule has 1 atom stereocenters. The topological polar surface area (TPSA) is 102 Å². The third-order valence-electron chi connectivity index (χ3n) is 4.00. The van der Waals surface area contributed by atoms with Crippen LogP contribution in [0.25, 0.3) is 0 Å². The Morgan fingerprint density at radius 1 is 1.13 bits per heavy atom. The highest BCUT2D eigenvalue weighted by Gasteiger charge is 2.26. The summed E-state index contributed by atoms with van der Waals surface area (Å²) >= 11 is 0. The summed E-state index contributed by atoms with van der Waals surface area (Å²) in [6, 6.07) is 11.0. The monoisotopic (exact) mass is 438 g/mol. The molecule has 1 N–H and O–H groups in total. The van der Waals surface area contributed by atoms with Crippen LogP contribution in [0.4, 0.5) is 10.1 Å². The van der Waals surface area contributed by atoms with Crippen LogP contribution in [0.2, 0.25) is 0 Å². The van der Waals surface area contributed by atoms with Crippen LogP contribution in [0.15, 0.2) is 53.4 Å². The van der Waals surface area contributed by atoms with Crippen LogP contribution in [0.3, 0.4) is 0 Å². The van der Waals surface area contributed by atoms with E-state index in [1.807, 2.05) is 0 Å². The number of carbonyl (C=O) groups excluding carboxylic acids is 2. The number of amides is 1. The smallest absolute Gasteiger partial charge is 0.322 e. The van der Waals surface area contributed by atoms with E-state index in [0.717, 1.165) is 28.6 Å². The van der Waals surface area contributed by atoms with Crippen LogP contribution in [-0.2, 0) is 24.3 Å². The third-order valence-corrected chi connectivity index (χ3v) is 5.81. The lowest BCUT2D eigenvalue weighted by Crippen LogP contribution is -2.37. The molecule has 162 valence electrons. The molecule has 8 nitrogen and oxygen atoms in total. The molecule has 30 heavy (non-hydrogen) atoms. The van der Waals surface area contributed by atoms with Crippen LogP contribution in [-0.4, -0.2) is 50.9 Å². The van der Waals surface area contributed by atoms with Crippen LogP contribution >= 0.6 is 0 Å². The number of rotatable bonds is 9. The Labute approximate surface area is 174 Å². The number of halogens is 1. The van der Waals surface area contributed by atoms with Crippen molar-refractivity contribution in [1.29, 1.82) is 0 Å². The molecule has 0 aliphatic heterocycles. The Kier molecular flexibility index (Phi) is 7.90. The number of hydrogen-bond donors (Lipinski definition) is 1. The van der Waals surface area contributed by atoms with Gasteiger partial charge in [0.15, 0.2) is 6.10 Å². The largest absolute Gasteiger partial charge is 0.492 e. The summed E-state index contributed by atoms with van der Waals surface area (Å²) in [5.41, 5.74) is 0.420. The van der Waals surface area contributed by atoms with Gasteiger partial charge in [0.2, 0.25) is 10.0 Å². The first-order valence-electron chi connectivity index (χ1n) is 9.09. The first-order valence-corrected chi connectivity index (χ1v) is 10.5. The van der Waals surface area contributed by atoms with Crippen LogP contribution < -0.4 is 10.1 Å². The number of anilines is 1. The summed E-state index contributed by atoms with van der Waals surface area (Å²) in [6.45, 7) is 2.96. The maximum atomic E-state index is 13.0. The Morgan fingerprint density at radius 2 is 1.77 bits per heavy atom. The molecular weight excluding hydrogens is 415 g/mol. The van der Waals surface area contributed by atoms with Gasteiger partial charge in [0.1, 0.15) is 18.1 Å². The van der Waals surface area contributed by atoms with Gasteiger partial charge in [0.25, 0.3) is 5.91 Å². The van der Waals surface area contributed by atoms with E-state index in [0.29, 0.717) is 18.0 Å². The van der Waals surface area contributed by atoms with E-state index >= 15 is 0 Å². The number of ether oxygens (including phenoxy) is 2. The molecule has 2 aromatic carbocycles. The van der Waals surface area contributed by atoms with E-state index in [1.165, 1.54) is 14.0 Å². The maximum absolute atomic E-state index is 13.0. The molecule has 0 heterocycles. The second-order valence-electron chi connectivity index (χ2n) is 6.27. The number of nitrogens with one attached hydrogen (secondary N) is 1. The fourth-order valence-electron chi connectivity index (χ4n) is 2.43. The zero-order valence-corrected chi connectivity index (χ0v) is 17.6. The molecule has 0 aliphatic rings. The predicted molar refractivity (Wildman–Crippen MR) is 108 cm³/mol. The highest BCUT2D eigenvalue weighted by Crippen LogP contribution is 2.24. The zero-order chi connectivity index (χ0) is 22.3. The van der Waals surface area contributed by atoms with Crippen molar-refractivity contribution in [3.63, 3.8) is 0 Å². The Bertz CT molecular complexity index is 995. The lowest BCUT2D eigenvalue weighted by molar-refractivity contribution is -0.153. The molecule has 0 radical (unpaired) electrons. The molecule has 0 fully saturated rings. The molecule has 0 saturated heterocycles. The van der Waals surface area contributed by atoms with E-state index in [9.17, 15) is 22.4 Å². The quantitative estimate of drug-likeness (QED) is 0.604. The molecule has 2 aromatic rings. The van der Waals surface area contributed by atoms with Crippen molar-refractivity contribution < 1.29 is 31.9 Å². The number of sulfonamides is 1. The van der Waals surface area contributed by atoms with Gasteiger partial charge in [-0.1, -0.05) is 12.1 Å². The number of benzene rings is 2. The number of carbonyl (C=O) groups is 2. The van der Waals surface area contributed by atoms with Crippen molar-refractivity contribution in [2.24, 2.45) is 0 Å². The van der Waals surface area contributed by atoms with E-state index in [2.05, 4.69) is 5.32 Å². The fraction of sp³-hybridized carbons (Fsp3) is 0.300. The van der Waals surface area contributed by atoms with Crippen LogP contribution in [0.5, 0.6) is 5.75 Å². The van der Waals surface area contributed by atoms with Gasteiger partial charge in [-0.25, -0.2) is 12.8 Å². The average Bonchev–Trinajstić information content (AvgIpc) is 2.69. The zero-order valence-electron chi connectivity index (χ0n) is 16.8. The fourth-order valence-corrected chi connectivity index (χ4v) is 3.54. The van der Waals surface area contributed by atoms with E-state index in [-0.39, 0.29) is 4.90 Å². The van der Waals surface area contributed by atoms with Gasteiger partial charge in [-0.2, -0.15) is 4.31 Å². The molecule has 0 aromatic heterocycles. The summed E-state index contributed by atoms with van der Waals surface area (Å²) < 4.78 is 49.1. The van der Waals surface area contributed by atoms with Crippen LogP contribution in [0, 0.1) is 5.82 Å². The first kappa shape index (κ1) is 23.3. The third kappa shape index (κ3) is 6.01. The number of hydrogen-bond acceptors (Lipinski definition) is 6. The first-order chi connectivity index (χ1) is 14.1. The predicted octanol–water partition coefficient (Wildman–Crippen LogP) is 2.42. The summed E-state index contributed by atoms with van der Waals surface area (Å²) in [5.74, 6) is -1.62. The lowest BCUT2D eigenvalue weighted by Gasteiger charge is -2.19. The lowest BCUT2D eigenvalue weighted by atomic mass is 10.2. The number of likely N-dealkylation sites (N-methyl/N-ethyl adjacent to an activating group) is 1. The molecule has 1 unspecified atom stereocenters. The van der Waals surface area contributed by atoms with Gasteiger partial charge in [-0.3, -0.25) is 9.59 Å². The standard InChI is InChI=1S/C20H23FN2O6S/c1-4-28-18-8-6-5-7-17(18)22-20(25)14(2)29-19(24)13-23(3)30(26,27)16-11-9-15(21)10-12-16/h5-12,14H,4,13H2,1-3H3,(H,22,25). The molecule has 0 spiro atoms. The summed E-state index contributed by atoms with van der Waals surface area (Å²) in [6.07, 6.45) is -1.17. The number of esters is 1. The van der Waals surface area contributed by atoms with Crippen molar-refractivity contribution in [3.8, 4) is 5.75 Å². The Hall–Kier alpha value is -2.98. The maximum Gasteiger partial charge on any atom is 0.322 e. The number of nitrogens with zero attached hydrogens (tertiary/aromatic N) is 1. The molecule has 10 heteroatoms. The van der Waals surface area contributed by atoms with E-state index in [4.69, 9.17) is 9.47 Å². The van der Waals surface area contributed by atoms with Gasteiger partial charge in [-0.05, 0) is 50.2 Å². The van der Waals surface area contributed by atoms with E-state index in [1.54, 1.807) is 31.2 Å². The Morgan fingerprint density at radius 3 is 2.40 bits per heavy atom. The van der Waals surface area contributed by atoms with Crippen molar-refractivity contribution in [2.45, 2.75) is 24.8 Å². The SMILES string of the molecule is CCOc1ccccc1NC(=O)C(C)OC(=O)CN(C)S(=O)(=O)c1ccc(F)cc1. The Balaban J connectivity index is 1.96. The van der Waals surface area contributed by atoms with Gasteiger partial charge < -0.3 is 14.8 Å². The van der Waals surface area contributed by atoms with Crippen molar-refractivity contribution in [3.05, 3.63) is 54.3 Å². The molecular formula is C20H23FN2O6S. The minimum Gasteiger partial charge on any atom is -0.492 e. The van der Waals surface area contributed by atoms with Crippen molar-refractivity contribution >= 4 is 27.6 Å². The van der Waals surface area contributed by atoms with E-state index < -0.39 is 40.4 Å². The molecule has 0 bridgehead atoms. The minimum absolute atomic E-state index is 0.169.